The van der Waals surface area contributed by atoms with Crippen molar-refractivity contribution in [3.05, 3.63) is 69.6 Å². The van der Waals surface area contributed by atoms with Gasteiger partial charge in [-0.3, -0.25) is 14.9 Å². The lowest BCUT2D eigenvalue weighted by Gasteiger charge is -1.97. The smallest absolute Gasteiger partial charge is 0.270 e. The summed E-state index contributed by atoms with van der Waals surface area (Å²) in [6, 6.07) is 10.6. The lowest BCUT2D eigenvalue weighted by atomic mass is 10.1. The molecule has 0 unspecified atom stereocenters. The summed E-state index contributed by atoms with van der Waals surface area (Å²) in [6.07, 6.45) is 0. The third kappa shape index (κ3) is 2.38. The van der Waals surface area contributed by atoms with Crippen LogP contribution < -0.4 is 0 Å². The number of rotatable bonds is 3. The number of carbonyl (C=O) groups is 1. The molecular formula is C15H10N2O4. The second kappa shape index (κ2) is 4.82. The minimum Gasteiger partial charge on any atom is -0.451 e. The number of aryl methyl sites for hydroxylation is 1. The number of ketones is 1. The minimum atomic E-state index is -0.541. The topological polar surface area (TPSA) is 86.2 Å². The Balaban J connectivity index is 2.03. The molecule has 3 aromatic rings. The van der Waals surface area contributed by atoms with Gasteiger partial charge >= 0.3 is 0 Å². The molecule has 0 amide bonds. The minimum absolute atomic E-state index is 0.114. The molecule has 0 atom stereocenters. The van der Waals surface area contributed by atoms with Gasteiger partial charge in [-0.2, -0.15) is 0 Å². The molecule has 104 valence electrons. The molecule has 0 aliphatic carbocycles. The fraction of sp³-hybridized carbons (Fsp3) is 0.0667. The fourth-order valence-electron chi connectivity index (χ4n) is 2.04. The van der Waals surface area contributed by atoms with E-state index in [1.165, 1.54) is 24.3 Å². The van der Waals surface area contributed by atoms with Gasteiger partial charge in [-0.25, -0.2) is 4.98 Å². The Hall–Kier alpha value is -3.02. The number of hydrogen-bond acceptors (Lipinski definition) is 5. The highest BCUT2D eigenvalue weighted by atomic mass is 16.6. The predicted octanol–water partition coefficient (Wildman–Crippen LogP) is 3.28. The van der Waals surface area contributed by atoms with Crippen LogP contribution in [0.15, 0.2) is 46.9 Å². The maximum atomic E-state index is 12.3. The number of pyridine rings is 1. The van der Waals surface area contributed by atoms with Gasteiger partial charge in [0.2, 0.25) is 5.78 Å². The van der Waals surface area contributed by atoms with Crippen molar-refractivity contribution in [3.63, 3.8) is 0 Å². The molecule has 0 aliphatic heterocycles. The van der Waals surface area contributed by atoms with E-state index in [4.69, 9.17) is 4.42 Å². The van der Waals surface area contributed by atoms with E-state index in [1.54, 1.807) is 18.2 Å². The summed E-state index contributed by atoms with van der Waals surface area (Å²) < 4.78 is 5.46. The molecule has 3 rings (SSSR count). The number of nitro benzene ring substituents is 1. The standard InChI is InChI=1S/C15H10N2O4/c1-9-5-6-13-12(16-9)8-14(21-13)15(18)10-3-2-4-11(7-10)17(19)20/h2-8H,1H3. The van der Waals surface area contributed by atoms with Gasteiger partial charge in [-0.15, -0.1) is 0 Å². The highest BCUT2D eigenvalue weighted by Crippen LogP contribution is 2.22. The molecular weight excluding hydrogens is 272 g/mol. The summed E-state index contributed by atoms with van der Waals surface area (Å²) in [5, 5.41) is 10.8. The van der Waals surface area contributed by atoms with Gasteiger partial charge in [0.05, 0.1) is 4.92 Å². The Bertz CT molecular complexity index is 867. The average Bonchev–Trinajstić information content (AvgIpc) is 2.89. The van der Waals surface area contributed by atoms with Gasteiger partial charge in [0.15, 0.2) is 11.3 Å². The van der Waals surface area contributed by atoms with Gasteiger partial charge in [-0.05, 0) is 19.1 Å². The summed E-state index contributed by atoms with van der Waals surface area (Å²) in [7, 11) is 0. The van der Waals surface area contributed by atoms with Crippen LogP contribution in [0.4, 0.5) is 5.69 Å². The fourth-order valence-corrected chi connectivity index (χ4v) is 2.04. The quantitative estimate of drug-likeness (QED) is 0.418. The number of benzene rings is 1. The lowest BCUT2D eigenvalue weighted by Crippen LogP contribution is -2.00. The van der Waals surface area contributed by atoms with Crippen LogP contribution >= 0.6 is 0 Å². The highest BCUT2D eigenvalue weighted by Gasteiger charge is 2.17. The first-order chi connectivity index (χ1) is 10.0. The lowest BCUT2D eigenvalue weighted by molar-refractivity contribution is -0.384. The molecule has 6 nitrogen and oxygen atoms in total. The Morgan fingerprint density at radius 1 is 1.24 bits per heavy atom. The first kappa shape index (κ1) is 13.0. The molecule has 21 heavy (non-hydrogen) atoms. The van der Waals surface area contributed by atoms with Gasteiger partial charge in [-0.1, -0.05) is 12.1 Å². The van der Waals surface area contributed by atoms with Crippen molar-refractivity contribution in [1.29, 1.82) is 0 Å². The van der Waals surface area contributed by atoms with Crippen molar-refractivity contribution >= 4 is 22.6 Å². The summed E-state index contributed by atoms with van der Waals surface area (Å²) >= 11 is 0. The molecule has 0 spiro atoms. The summed E-state index contributed by atoms with van der Waals surface area (Å²) in [5.74, 6) is -0.294. The number of hydrogen-bond donors (Lipinski definition) is 0. The predicted molar refractivity (Wildman–Crippen MR) is 75.3 cm³/mol. The van der Waals surface area contributed by atoms with Crippen molar-refractivity contribution < 1.29 is 14.1 Å². The van der Waals surface area contributed by atoms with E-state index in [2.05, 4.69) is 4.98 Å². The molecule has 0 saturated heterocycles. The summed E-state index contributed by atoms with van der Waals surface area (Å²) in [6.45, 7) is 1.84. The van der Waals surface area contributed by atoms with Gasteiger partial charge in [0.1, 0.15) is 5.52 Å². The molecule has 6 heteroatoms. The number of fused-ring (bicyclic) bond motifs is 1. The molecule has 2 aromatic heterocycles. The summed E-state index contributed by atoms with van der Waals surface area (Å²) in [4.78, 5) is 26.8. The number of non-ortho nitro benzene ring substituents is 1. The second-order valence-corrected chi connectivity index (χ2v) is 4.58. The highest BCUT2D eigenvalue weighted by molar-refractivity contribution is 6.09. The van der Waals surface area contributed by atoms with Crippen LogP contribution in [-0.4, -0.2) is 15.7 Å². The number of carbonyl (C=O) groups excluding carboxylic acids is 1. The van der Waals surface area contributed by atoms with Gasteiger partial charge in [0, 0.05) is 29.5 Å². The zero-order valence-corrected chi connectivity index (χ0v) is 11.1. The van der Waals surface area contributed by atoms with Crippen LogP contribution in [-0.2, 0) is 0 Å². The van der Waals surface area contributed by atoms with E-state index in [9.17, 15) is 14.9 Å². The van der Waals surface area contributed by atoms with E-state index in [0.29, 0.717) is 11.1 Å². The average molecular weight is 282 g/mol. The third-order valence-corrected chi connectivity index (χ3v) is 3.06. The number of nitrogens with zero attached hydrogens (tertiary/aromatic N) is 2. The van der Waals surface area contributed by atoms with Crippen LogP contribution in [0.5, 0.6) is 0 Å². The largest absolute Gasteiger partial charge is 0.451 e. The van der Waals surface area contributed by atoms with Crippen LogP contribution in [0.3, 0.4) is 0 Å². The third-order valence-electron chi connectivity index (χ3n) is 3.06. The molecule has 0 saturated carbocycles. The Labute approximate surface area is 119 Å². The first-order valence-electron chi connectivity index (χ1n) is 6.21. The number of furan rings is 1. The Morgan fingerprint density at radius 3 is 2.81 bits per heavy atom. The molecule has 0 aliphatic rings. The van der Waals surface area contributed by atoms with E-state index >= 15 is 0 Å². The van der Waals surface area contributed by atoms with Crippen LogP contribution in [0.2, 0.25) is 0 Å². The molecule has 0 fully saturated rings. The van der Waals surface area contributed by atoms with Gasteiger partial charge in [0.25, 0.3) is 5.69 Å². The number of aromatic nitrogens is 1. The van der Waals surface area contributed by atoms with E-state index in [1.807, 2.05) is 6.92 Å². The van der Waals surface area contributed by atoms with Crippen molar-refractivity contribution in [2.24, 2.45) is 0 Å². The normalized spacial score (nSPS) is 10.7. The molecule has 0 bridgehead atoms. The maximum Gasteiger partial charge on any atom is 0.270 e. The Kier molecular flexibility index (Phi) is 2.98. The molecule has 1 aromatic carbocycles. The molecule has 0 N–H and O–H groups in total. The van der Waals surface area contributed by atoms with Crippen molar-refractivity contribution in [2.45, 2.75) is 6.92 Å². The van der Waals surface area contributed by atoms with Crippen LogP contribution in [0, 0.1) is 17.0 Å². The summed E-state index contributed by atoms with van der Waals surface area (Å²) in [5.41, 5.74) is 1.99. The van der Waals surface area contributed by atoms with Gasteiger partial charge < -0.3 is 4.42 Å². The maximum absolute atomic E-state index is 12.3. The monoisotopic (exact) mass is 282 g/mol. The SMILES string of the molecule is Cc1ccc2oc(C(=O)c3cccc([N+](=O)[O-])c3)cc2n1. The van der Waals surface area contributed by atoms with E-state index in [0.717, 1.165) is 5.69 Å². The Morgan fingerprint density at radius 2 is 2.05 bits per heavy atom. The zero-order valence-electron chi connectivity index (χ0n) is 11.1. The van der Waals surface area contributed by atoms with Crippen molar-refractivity contribution in [3.8, 4) is 0 Å². The molecule has 2 heterocycles. The first-order valence-corrected chi connectivity index (χ1v) is 6.21. The van der Waals surface area contributed by atoms with Crippen LogP contribution in [0.1, 0.15) is 21.8 Å². The van der Waals surface area contributed by atoms with E-state index in [-0.39, 0.29) is 17.0 Å². The molecule has 0 radical (unpaired) electrons. The zero-order chi connectivity index (χ0) is 15.0. The van der Waals surface area contributed by atoms with Crippen molar-refractivity contribution in [1.82, 2.24) is 4.98 Å². The van der Waals surface area contributed by atoms with E-state index < -0.39 is 10.7 Å². The number of nitro groups is 1. The van der Waals surface area contributed by atoms with Crippen molar-refractivity contribution in [2.75, 3.05) is 0 Å². The van der Waals surface area contributed by atoms with Crippen LogP contribution in [0.25, 0.3) is 11.1 Å². The second-order valence-electron chi connectivity index (χ2n) is 4.58.